The van der Waals surface area contributed by atoms with E-state index in [1.807, 2.05) is 21.1 Å². The molecule has 574 valence electrons. The van der Waals surface area contributed by atoms with E-state index in [1.54, 1.807) is 0 Å². The molecule has 2 unspecified atom stereocenters. The van der Waals surface area contributed by atoms with Crippen molar-refractivity contribution in [3.8, 4) is 0 Å². The van der Waals surface area contributed by atoms with Crippen molar-refractivity contribution in [1.29, 1.82) is 0 Å². The summed E-state index contributed by atoms with van der Waals surface area (Å²) in [5, 5.41) is 9.79. The molecule has 0 spiro atoms. The number of unbranched alkanes of at least 4 members (excludes halogenated alkanes) is 48. The van der Waals surface area contributed by atoms with Gasteiger partial charge in [-0.3, -0.25) is 9.59 Å². The van der Waals surface area contributed by atoms with Crippen LogP contribution in [0.3, 0.4) is 0 Å². The molecule has 0 saturated carbocycles. The summed E-state index contributed by atoms with van der Waals surface area (Å²) in [5.74, 6) is -1.98. The fourth-order valence-electron chi connectivity index (χ4n) is 12.5. The lowest BCUT2D eigenvalue weighted by molar-refractivity contribution is -0.870. The third-order valence-electron chi connectivity index (χ3n) is 18.8. The molecule has 0 aliphatic carbocycles. The molecule has 2 atom stereocenters. The van der Waals surface area contributed by atoms with Crippen molar-refractivity contribution < 1.29 is 42.9 Å². The van der Waals surface area contributed by atoms with Crippen molar-refractivity contribution in [2.75, 3.05) is 47.5 Å². The molecule has 0 aliphatic heterocycles. The van der Waals surface area contributed by atoms with Gasteiger partial charge in [0, 0.05) is 12.8 Å². The van der Waals surface area contributed by atoms with Crippen LogP contribution in [0.25, 0.3) is 0 Å². The van der Waals surface area contributed by atoms with Crippen molar-refractivity contribution in [2.45, 2.75) is 411 Å². The molecule has 9 nitrogen and oxygen atoms in total. The van der Waals surface area contributed by atoms with Crippen LogP contribution in [0.5, 0.6) is 0 Å². The van der Waals surface area contributed by atoms with Gasteiger partial charge in [0.2, 0.25) is 0 Å². The number of aliphatic carboxylic acids is 1. The summed E-state index contributed by atoms with van der Waals surface area (Å²) in [6, 6.07) is 0. The van der Waals surface area contributed by atoms with Gasteiger partial charge in [-0.1, -0.05) is 394 Å². The molecular weight excluding hydrogens is 1220 g/mol. The second-order valence-corrected chi connectivity index (χ2v) is 29.7. The Balaban J connectivity index is 3.94. The standard InChI is InChI=1S/C90H161NO8/c1-6-8-10-12-14-16-18-20-22-24-26-28-30-32-34-36-38-40-42-43-44-45-47-49-51-53-55-57-59-61-63-65-67-69-71-73-75-77-79-81-88(93)99-86(85-98-90(89(94)95)96-83-82-91(3,4)5)84-97-87(92)80-78-76-74-72-70-68-66-64-62-60-58-56-54-52-50-48-46-41-39-37-35-33-31-29-27-25-23-21-19-17-15-13-11-9-7-2/h8-11,14-17,20-23,26-29,86,90H,6-7,12-13,18-19,24-25,30-85H2,1-5H3/p+1/b10-8-,11-9-,16-14-,17-15-,22-20-,23-21-,28-26-,29-27-. The minimum Gasteiger partial charge on any atom is -0.477 e. The van der Waals surface area contributed by atoms with E-state index in [2.05, 4.69) is 111 Å². The molecule has 99 heavy (non-hydrogen) atoms. The van der Waals surface area contributed by atoms with Gasteiger partial charge in [-0.05, 0) is 89.9 Å². The highest BCUT2D eigenvalue weighted by Gasteiger charge is 2.25. The number of nitrogens with zero attached hydrogens (tertiary/aromatic N) is 1. The summed E-state index contributed by atoms with van der Waals surface area (Å²) in [4.78, 5) is 37.8. The number of quaternary nitrogens is 1. The first kappa shape index (κ1) is 95.2. The molecule has 9 heteroatoms. The summed E-state index contributed by atoms with van der Waals surface area (Å²) >= 11 is 0. The van der Waals surface area contributed by atoms with Crippen LogP contribution in [0.2, 0.25) is 0 Å². The van der Waals surface area contributed by atoms with Crippen LogP contribution in [0, 0.1) is 0 Å². The Morgan fingerprint density at radius 1 is 0.303 bits per heavy atom. The number of carboxylic acid groups (broad SMARTS) is 1. The van der Waals surface area contributed by atoms with Crippen LogP contribution in [0.1, 0.15) is 399 Å². The molecule has 0 saturated heterocycles. The van der Waals surface area contributed by atoms with Gasteiger partial charge in [0.05, 0.1) is 34.4 Å². The molecule has 1 N–H and O–H groups in total. The molecule has 0 amide bonds. The highest BCUT2D eigenvalue weighted by atomic mass is 16.7. The van der Waals surface area contributed by atoms with Crippen molar-refractivity contribution in [3.05, 3.63) is 97.2 Å². The maximum Gasteiger partial charge on any atom is 0.361 e. The number of esters is 2. The van der Waals surface area contributed by atoms with Gasteiger partial charge in [0.15, 0.2) is 6.10 Å². The molecular formula is C90H162NO8+. The maximum atomic E-state index is 13.0. The first-order valence-corrected chi connectivity index (χ1v) is 42.4. The van der Waals surface area contributed by atoms with E-state index in [9.17, 15) is 19.5 Å². The van der Waals surface area contributed by atoms with Crippen molar-refractivity contribution in [2.24, 2.45) is 0 Å². The Hall–Kier alpha value is -3.79. The minimum atomic E-state index is -1.51. The SMILES string of the molecule is CC/C=C\C/C=C\C/C=C\C/C=C\CCCCCCCCCCCCCCCCCCCCCCCCCCCCC(=O)OC(COC(=O)CCCCCCCCCCCCCCCCCCCCCCCC/C=C\C/C=C\C/C=C\C/C=C\CC)COC(OCC[N+](C)(C)C)C(=O)O. The lowest BCUT2D eigenvalue weighted by Gasteiger charge is -2.25. The highest BCUT2D eigenvalue weighted by molar-refractivity contribution is 5.71. The van der Waals surface area contributed by atoms with Gasteiger partial charge in [0.25, 0.3) is 6.29 Å². The van der Waals surface area contributed by atoms with Gasteiger partial charge < -0.3 is 28.5 Å². The minimum absolute atomic E-state index is 0.178. The second-order valence-electron chi connectivity index (χ2n) is 29.7. The lowest BCUT2D eigenvalue weighted by atomic mass is 10.0. The van der Waals surface area contributed by atoms with Crippen molar-refractivity contribution in [3.63, 3.8) is 0 Å². The van der Waals surface area contributed by atoms with Gasteiger partial charge in [-0.25, -0.2) is 4.79 Å². The second kappa shape index (κ2) is 79.9. The normalized spacial score (nSPS) is 13.1. The monoisotopic (exact) mass is 1390 g/mol. The first-order chi connectivity index (χ1) is 48.6. The molecule has 0 heterocycles. The summed E-state index contributed by atoms with van der Waals surface area (Å²) in [7, 11) is 6.00. The Bertz CT molecular complexity index is 1960. The number of carbonyl (C=O) groups is 3. The van der Waals surface area contributed by atoms with Crippen molar-refractivity contribution >= 4 is 17.9 Å². The molecule has 0 aromatic heterocycles. The van der Waals surface area contributed by atoms with E-state index in [4.69, 9.17) is 18.9 Å². The highest BCUT2D eigenvalue weighted by Crippen LogP contribution is 2.20. The summed E-state index contributed by atoms with van der Waals surface area (Å²) in [6.45, 7) is 4.71. The average Bonchev–Trinajstić information content (AvgIpc) is 1.14. The van der Waals surface area contributed by atoms with Crippen LogP contribution < -0.4 is 0 Å². The Morgan fingerprint density at radius 2 is 0.545 bits per heavy atom. The van der Waals surface area contributed by atoms with E-state index in [-0.39, 0.29) is 38.2 Å². The Kier molecular flexibility index (Phi) is 76.8. The topological polar surface area (TPSA) is 108 Å². The number of carboxylic acids is 1. The van der Waals surface area contributed by atoms with E-state index in [0.717, 1.165) is 89.9 Å². The van der Waals surface area contributed by atoms with Gasteiger partial charge in [-0.2, -0.15) is 0 Å². The first-order valence-electron chi connectivity index (χ1n) is 42.4. The van der Waals surface area contributed by atoms with Crippen LogP contribution in [0.4, 0.5) is 0 Å². The average molecular weight is 1390 g/mol. The zero-order valence-electron chi connectivity index (χ0n) is 65.9. The molecule has 0 bridgehead atoms. The number of ether oxygens (including phenoxy) is 4. The fraction of sp³-hybridized carbons (Fsp3) is 0.789. The number of carbonyl (C=O) groups excluding carboxylic acids is 2. The van der Waals surface area contributed by atoms with Gasteiger partial charge in [0.1, 0.15) is 13.2 Å². The van der Waals surface area contributed by atoms with E-state index < -0.39 is 18.4 Å². The predicted molar refractivity (Wildman–Crippen MR) is 429 cm³/mol. The predicted octanol–water partition coefficient (Wildman–Crippen LogP) is 27.5. The zero-order chi connectivity index (χ0) is 71.8. The van der Waals surface area contributed by atoms with E-state index in [0.29, 0.717) is 17.4 Å². The fourth-order valence-corrected chi connectivity index (χ4v) is 12.5. The van der Waals surface area contributed by atoms with Gasteiger partial charge in [-0.15, -0.1) is 0 Å². The summed E-state index contributed by atoms with van der Waals surface area (Å²) < 4.78 is 23.1. The molecule has 0 radical (unpaired) electrons. The zero-order valence-corrected chi connectivity index (χ0v) is 65.9. The van der Waals surface area contributed by atoms with Crippen molar-refractivity contribution in [1.82, 2.24) is 0 Å². The number of likely N-dealkylation sites (N-methyl/N-ethyl adjacent to an activating group) is 1. The maximum absolute atomic E-state index is 13.0. The third kappa shape index (κ3) is 81.4. The third-order valence-corrected chi connectivity index (χ3v) is 18.8. The molecule has 0 aromatic rings. The van der Waals surface area contributed by atoms with Crippen LogP contribution in [-0.4, -0.2) is 87.4 Å². The summed E-state index contributed by atoms with van der Waals surface area (Å²) in [5.41, 5.74) is 0. The Morgan fingerprint density at radius 3 is 0.808 bits per heavy atom. The largest absolute Gasteiger partial charge is 0.477 e. The van der Waals surface area contributed by atoms with E-state index in [1.165, 1.54) is 283 Å². The van der Waals surface area contributed by atoms with E-state index >= 15 is 0 Å². The Labute approximate surface area is 613 Å². The van der Waals surface area contributed by atoms with Gasteiger partial charge >= 0.3 is 17.9 Å². The smallest absolute Gasteiger partial charge is 0.361 e. The molecule has 0 rings (SSSR count). The number of hydrogen-bond donors (Lipinski definition) is 1. The number of rotatable bonds is 79. The lowest BCUT2D eigenvalue weighted by Crippen LogP contribution is -2.40. The molecule has 0 aliphatic rings. The molecule has 0 aromatic carbocycles. The van der Waals surface area contributed by atoms with Crippen LogP contribution >= 0.6 is 0 Å². The van der Waals surface area contributed by atoms with Crippen LogP contribution in [-0.2, 0) is 33.3 Å². The summed E-state index contributed by atoms with van der Waals surface area (Å²) in [6.07, 6.45) is 109. The van der Waals surface area contributed by atoms with Crippen LogP contribution in [0.15, 0.2) is 97.2 Å². The number of allylic oxidation sites excluding steroid dienone is 16. The number of hydrogen-bond acceptors (Lipinski definition) is 7. The molecule has 0 fully saturated rings. The quantitative estimate of drug-likeness (QED) is 0.0211.